The topological polar surface area (TPSA) is 35.5 Å². The fourth-order valence-corrected chi connectivity index (χ4v) is 3.06. The average Bonchev–Trinajstić information content (AvgIpc) is 2.81. The molecule has 2 unspecified atom stereocenters. The number of hydrogen-bond donors (Lipinski definition) is 0. The normalized spacial score (nSPS) is 22.0. The van der Waals surface area contributed by atoms with E-state index in [2.05, 4.69) is 6.92 Å². The smallest absolute Gasteiger partial charge is 0.318 e. The van der Waals surface area contributed by atoms with Crippen LogP contribution in [0.1, 0.15) is 39.0 Å². The number of unbranched alkanes of at least 4 members (excludes halogenated alkanes) is 1. The minimum Gasteiger partial charge on any atom is -0.468 e. The molecule has 1 saturated heterocycles. The second-order valence-corrected chi connectivity index (χ2v) is 5.36. The first-order chi connectivity index (χ1) is 7.77. The monoisotopic (exact) mass is 246 g/mol. The predicted octanol–water partition coefficient (Wildman–Crippen LogP) is 2.63. The first-order valence-electron chi connectivity index (χ1n) is 6.09. The molecule has 16 heavy (non-hydrogen) atoms. The summed E-state index contributed by atoms with van der Waals surface area (Å²) in [5.74, 6) is 0.833. The van der Waals surface area contributed by atoms with Gasteiger partial charge in [0.15, 0.2) is 0 Å². The lowest BCUT2D eigenvalue weighted by atomic mass is 10.2. The maximum Gasteiger partial charge on any atom is 0.318 e. The second-order valence-electron chi connectivity index (χ2n) is 4.12. The summed E-state index contributed by atoms with van der Waals surface area (Å²) in [4.78, 5) is 11.5. The van der Waals surface area contributed by atoms with Gasteiger partial charge in [-0.3, -0.25) is 4.79 Å². The number of thioether (sulfide) groups is 1. The van der Waals surface area contributed by atoms with E-state index >= 15 is 0 Å². The van der Waals surface area contributed by atoms with Gasteiger partial charge in [0.25, 0.3) is 0 Å². The van der Waals surface area contributed by atoms with Crippen LogP contribution in [0.4, 0.5) is 0 Å². The van der Waals surface area contributed by atoms with Gasteiger partial charge in [-0.1, -0.05) is 19.8 Å². The van der Waals surface area contributed by atoms with Gasteiger partial charge in [-0.25, -0.2) is 0 Å². The van der Waals surface area contributed by atoms with Crippen molar-refractivity contribution in [3.05, 3.63) is 0 Å². The molecule has 0 aromatic heterocycles. The van der Waals surface area contributed by atoms with Crippen LogP contribution in [0.25, 0.3) is 0 Å². The SMILES string of the molecule is CCCCC(SCC1CCCO1)C(=O)OC. The lowest BCUT2D eigenvalue weighted by molar-refractivity contribution is -0.140. The molecule has 0 aromatic rings. The van der Waals surface area contributed by atoms with Gasteiger partial charge in [0.1, 0.15) is 5.25 Å². The van der Waals surface area contributed by atoms with Crippen molar-refractivity contribution in [1.82, 2.24) is 0 Å². The van der Waals surface area contributed by atoms with E-state index in [4.69, 9.17) is 9.47 Å². The Bertz CT molecular complexity index is 202. The number of hydrogen-bond acceptors (Lipinski definition) is 4. The van der Waals surface area contributed by atoms with E-state index in [1.807, 2.05) is 0 Å². The fourth-order valence-electron chi connectivity index (χ4n) is 1.79. The summed E-state index contributed by atoms with van der Waals surface area (Å²) in [7, 11) is 1.47. The van der Waals surface area contributed by atoms with Gasteiger partial charge in [0.2, 0.25) is 0 Å². The number of rotatable bonds is 7. The van der Waals surface area contributed by atoms with Gasteiger partial charge in [0, 0.05) is 12.4 Å². The van der Waals surface area contributed by atoms with Crippen LogP contribution in [0.3, 0.4) is 0 Å². The second kappa shape index (κ2) is 7.96. The molecule has 94 valence electrons. The Morgan fingerprint density at radius 3 is 3.00 bits per heavy atom. The molecule has 0 N–H and O–H groups in total. The van der Waals surface area contributed by atoms with Gasteiger partial charge in [-0.2, -0.15) is 0 Å². The molecule has 0 spiro atoms. The van der Waals surface area contributed by atoms with Crippen molar-refractivity contribution in [2.45, 2.75) is 50.4 Å². The minimum absolute atomic E-state index is 0.00542. The summed E-state index contributed by atoms with van der Waals surface area (Å²) in [5, 5.41) is -0.00542. The molecular weight excluding hydrogens is 224 g/mol. The highest BCUT2D eigenvalue weighted by Gasteiger charge is 2.22. The van der Waals surface area contributed by atoms with Crippen molar-refractivity contribution >= 4 is 17.7 Å². The highest BCUT2D eigenvalue weighted by atomic mass is 32.2. The van der Waals surface area contributed by atoms with Gasteiger partial charge in [0.05, 0.1) is 13.2 Å². The molecule has 3 nitrogen and oxygen atoms in total. The first kappa shape index (κ1) is 13.8. The van der Waals surface area contributed by atoms with Gasteiger partial charge >= 0.3 is 5.97 Å². The molecule has 0 aliphatic carbocycles. The summed E-state index contributed by atoms with van der Waals surface area (Å²) in [6.07, 6.45) is 5.75. The Kier molecular flexibility index (Phi) is 6.88. The highest BCUT2D eigenvalue weighted by molar-refractivity contribution is 8.00. The van der Waals surface area contributed by atoms with Crippen molar-refractivity contribution in [2.24, 2.45) is 0 Å². The van der Waals surface area contributed by atoms with Crippen LogP contribution in [0.5, 0.6) is 0 Å². The maximum absolute atomic E-state index is 11.5. The zero-order valence-corrected chi connectivity index (χ0v) is 11.1. The van der Waals surface area contributed by atoms with Crippen LogP contribution in [0.2, 0.25) is 0 Å². The molecular formula is C12H22O3S. The van der Waals surface area contributed by atoms with Crippen molar-refractivity contribution in [2.75, 3.05) is 19.5 Å². The number of ether oxygens (including phenoxy) is 2. The number of methoxy groups -OCH3 is 1. The van der Waals surface area contributed by atoms with E-state index in [0.29, 0.717) is 6.10 Å². The van der Waals surface area contributed by atoms with E-state index in [1.54, 1.807) is 11.8 Å². The van der Waals surface area contributed by atoms with Crippen LogP contribution in [-0.2, 0) is 14.3 Å². The molecule has 1 fully saturated rings. The lowest BCUT2D eigenvalue weighted by Crippen LogP contribution is -2.21. The maximum atomic E-state index is 11.5. The van der Waals surface area contributed by atoms with Gasteiger partial charge < -0.3 is 9.47 Å². The predicted molar refractivity (Wildman–Crippen MR) is 66.8 cm³/mol. The van der Waals surface area contributed by atoms with E-state index in [0.717, 1.165) is 44.5 Å². The largest absolute Gasteiger partial charge is 0.468 e. The molecule has 1 heterocycles. The van der Waals surface area contributed by atoms with Crippen molar-refractivity contribution < 1.29 is 14.3 Å². The lowest BCUT2D eigenvalue weighted by Gasteiger charge is -2.16. The summed E-state index contributed by atoms with van der Waals surface area (Å²) >= 11 is 1.69. The van der Waals surface area contributed by atoms with Crippen LogP contribution < -0.4 is 0 Å². The highest BCUT2D eigenvalue weighted by Crippen LogP contribution is 2.24. The Morgan fingerprint density at radius 1 is 1.62 bits per heavy atom. The van der Waals surface area contributed by atoms with Gasteiger partial charge in [-0.15, -0.1) is 11.8 Å². The Labute approximate surface area is 102 Å². The Morgan fingerprint density at radius 2 is 2.44 bits per heavy atom. The van der Waals surface area contributed by atoms with E-state index in [1.165, 1.54) is 7.11 Å². The quantitative estimate of drug-likeness (QED) is 0.647. The number of carbonyl (C=O) groups is 1. The van der Waals surface area contributed by atoms with E-state index in [9.17, 15) is 4.79 Å². The molecule has 2 atom stereocenters. The summed E-state index contributed by atoms with van der Waals surface area (Å²) < 4.78 is 10.4. The number of esters is 1. The van der Waals surface area contributed by atoms with Crippen molar-refractivity contribution in [1.29, 1.82) is 0 Å². The third-order valence-corrected chi connectivity index (χ3v) is 4.19. The van der Waals surface area contributed by atoms with Crippen LogP contribution in [0, 0.1) is 0 Å². The Hall–Kier alpha value is -0.220. The zero-order chi connectivity index (χ0) is 11.8. The van der Waals surface area contributed by atoms with Gasteiger partial charge in [-0.05, 0) is 19.3 Å². The van der Waals surface area contributed by atoms with Crippen LogP contribution in [0.15, 0.2) is 0 Å². The van der Waals surface area contributed by atoms with Crippen LogP contribution >= 0.6 is 11.8 Å². The molecule has 1 rings (SSSR count). The summed E-state index contributed by atoms with van der Waals surface area (Å²) in [5.41, 5.74) is 0. The molecule has 0 radical (unpaired) electrons. The third kappa shape index (κ3) is 4.74. The molecule has 0 bridgehead atoms. The molecule has 1 aliphatic heterocycles. The molecule has 4 heteroatoms. The third-order valence-electron chi connectivity index (χ3n) is 2.79. The standard InChI is InChI=1S/C12H22O3S/c1-3-4-7-11(12(13)14-2)16-9-10-6-5-8-15-10/h10-11H,3-9H2,1-2H3. The zero-order valence-electron chi connectivity index (χ0n) is 10.2. The van der Waals surface area contributed by atoms with Crippen molar-refractivity contribution in [3.8, 4) is 0 Å². The molecule has 0 saturated carbocycles. The molecule has 0 amide bonds. The van der Waals surface area contributed by atoms with Crippen LogP contribution in [-0.4, -0.2) is 36.8 Å². The number of carbonyl (C=O) groups excluding carboxylic acids is 1. The fraction of sp³-hybridized carbons (Fsp3) is 0.917. The van der Waals surface area contributed by atoms with E-state index in [-0.39, 0.29) is 11.2 Å². The summed E-state index contributed by atoms with van der Waals surface area (Å²) in [6, 6.07) is 0. The minimum atomic E-state index is -0.0866. The summed E-state index contributed by atoms with van der Waals surface area (Å²) in [6.45, 7) is 3.02. The molecule has 1 aliphatic rings. The van der Waals surface area contributed by atoms with Crippen molar-refractivity contribution in [3.63, 3.8) is 0 Å². The van der Waals surface area contributed by atoms with E-state index < -0.39 is 0 Å². The first-order valence-corrected chi connectivity index (χ1v) is 7.13. The Balaban J connectivity index is 2.27. The average molecular weight is 246 g/mol. The molecule has 0 aromatic carbocycles.